The molecule has 8 nitrogen and oxygen atoms in total. The monoisotopic (exact) mass is 441 g/mol. The van der Waals surface area contributed by atoms with Gasteiger partial charge in [-0.1, -0.05) is 24.3 Å². The molecule has 33 heavy (non-hydrogen) atoms. The molecule has 0 saturated carbocycles. The maximum Gasteiger partial charge on any atom is 0.251 e. The number of ether oxygens (including phenoxy) is 2. The lowest BCUT2D eigenvalue weighted by atomic mass is 10.0. The average Bonchev–Trinajstić information content (AvgIpc) is 3.52. The van der Waals surface area contributed by atoms with Crippen LogP contribution in [0.5, 0.6) is 11.6 Å². The largest absolute Gasteiger partial charge is 0.487 e. The van der Waals surface area contributed by atoms with Gasteiger partial charge < -0.3 is 14.8 Å². The van der Waals surface area contributed by atoms with Crippen molar-refractivity contribution in [3.8, 4) is 22.9 Å². The number of fused-ring (bicyclic) bond motifs is 1. The van der Waals surface area contributed by atoms with Crippen LogP contribution in [-0.4, -0.2) is 45.6 Å². The van der Waals surface area contributed by atoms with Crippen LogP contribution in [-0.2, 0) is 13.0 Å². The zero-order valence-electron chi connectivity index (χ0n) is 18.1. The number of aromatic nitrogens is 4. The first kappa shape index (κ1) is 20.7. The number of carbonyl (C=O) groups is 1. The zero-order chi connectivity index (χ0) is 22.6. The summed E-state index contributed by atoms with van der Waals surface area (Å²) in [4.78, 5) is 12.8. The van der Waals surface area contributed by atoms with E-state index in [1.54, 1.807) is 19.4 Å². The SMILES string of the molecule is COc1ccc(-c2cccc3c2OC(CNC(=O)c2cccc(Cn4cccn4)c2)C3)nn1. The van der Waals surface area contributed by atoms with Gasteiger partial charge >= 0.3 is 0 Å². The molecule has 0 saturated heterocycles. The molecule has 3 heterocycles. The quantitative estimate of drug-likeness (QED) is 0.474. The Balaban J connectivity index is 1.23. The summed E-state index contributed by atoms with van der Waals surface area (Å²) < 4.78 is 13.1. The van der Waals surface area contributed by atoms with E-state index in [1.165, 1.54) is 0 Å². The Morgan fingerprint density at radius 2 is 2.06 bits per heavy atom. The minimum Gasteiger partial charge on any atom is -0.487 e. The molecule has 0 aliphatic carbocycles. The number of nitrogens with zero attached hydrogens (tertiary/aromatic N) is 4. The van der Waals surface area contributed by atoms with Crippen molar-refractivity contribution in [3.63, 3.8) is 0 Å². The van der Waals surface area contributed by atoms with E-state index in [4.69, 9.17) is 9.47 Å². The van der Waals surface area contributed by atoms with E-state index in [-0.39, 0.29) is 12.0 Å². The topological polar surface area (TPSA) is 91.2 Å². The lowest BCUT2D eigenvalue weighted by Crippen LogP contribution is -2.34. The van der Waals surface area contributed by atoms with Gasteiger partial charge in [0.25, 0.3) is 5.91 Å². The zero-order valence-corrected chi connectivity index (χ0v) is 18.1. The second-order valence-electron chi connectivity index (χ2n) is 7.81. The Hall–Kier alpha value is -4.20. The molecule has 1 aliphatic rings. The second-order valence-corrected chi connectivity index (χ2v) is 7.81. The maximum atomic E-state index is 12.8. The van der Waals surface area contributed by atoms with E-state index >= 15 is 0 Å². The Kier molecular flexibility index (Phi) is 5.72. The van der Waals surface area contributed by atoms with Gasteiger partial charge in [0.1, 0.15) is 11.9 Å². The molecule has 4 aromatic rings. The van der Waals surface area contributed by atoms with Crippen molar-refractivity contribution < 1.29 is 14.3 Å². The molecule has 2 aromatic heterocycles. The molecule has 166 valence electrons. The van der Waals surface area contributed by atoms with Crippen molar-refractivity contribution in [1.29, 1.82) is 0 Å². The highest BCUT2D eigenvalue weighted by molar-refractivity contribution is 5.94. The van der Waals surface area contributed by atoms with Gasteiger partial charge in [-0.15, -0.1) is 10.2 Å². The molecule has 8 heteroatoms. The van der Waals surface area contributed by atoms with Crippen LogP contribution >= 0.6 is 0 Å². The van der Waals surface area contributed by atoms with Gasteiger partial charge in [0.05, 0.1) is 25.9 Å². The van der Waals surface area contributed by atoms with Gasteiger partial charge in [-0.25, -0.2) is 0 Å². The Bertz CT molecular complexity index is 1260. The van der Waals surface area contributed by atoms with Crippen molar-refractivity contribution >= 4 is 5.91 Å². The number of hydrogen-bond acceptors (Lipinski definition) is 6. The normalized spacial score (nSPS) is 14.4. The third-order valence-electron chi connectivity index (χ3n) is 5.54. The summed E-state index contributed by atoms with van der Waals surface area (Å²) >= 11 is 0. The highest BCUT2D eigenvalue weighted by Crippen LogP contribution is 2.38. The summed E-state index contributed by atoms with van der Waals surface area (Å²) in [6, 6.07) is 19.1. The van der Waals surface area contributed by atoms with Crippen LogP contribution in [0.3, 0.4) is 0 Å². The molecule has 0 fully saturated rings. The number of carbonyl (C=O) groups excluding carboxylic acids is 1. The van der Waals surface area contributed by atoms with E-state index in [0.29, 0.717) is 36.6 Å². The van der Waals surface area contributed by atoms with Crippen LogP contribution in [0, 0.1) is 0 Å². The van der Waals surface area contributed by atoms with E-state index in [0.717, 1.165) is 22.4 Å². The van der Waals surface area contributed by atoms with E-state index in [9.17, 15) is 4.79 Å². The molecule has 0 bridgehead atoms. The van der Waals surface area contributed by atoms with Gasteiger partial charge in [0.15, 0.2) is 0 Å². The second kappa shape index (κ2) is 9.12. The molecule has 2 aromatic carbocycles. The Morgan fingerprint density at radius 1 is 1.15 bits per heavy atom. The van der Waals surface area contributed by atoms with Crippen LogP contribution in [0.4, 0.5) is 0 Å². The van der Waals surface area contributed by atoms with Crippen LogP contribution < -0.4 is 14.8 Å². The minimum atomic E-state index is -0.149. The standard InChI is InChI=1S/C25H23N5O3/c1-32-23-10-9-22(28-29-23)21-8-3-6-18-14-20(33-24(18)21)15-26-25(31)19-7-2-5-17(13-19)16-30-12-4-11-27-30/h2-13,20H,14-16H2,1H3,(H,26,31). The molecular formula is C25H23N5O3. The number of para-hydroxylation sites is 1. The molecule has 1 atom stereocenters. The van der Waals surface area contributed by atoms with Gasteiger partial charge in [-0.2, -0.15) is 5.10 Å². The smallest absolute Gasteiger partial charge is 0.251 e. The third kappa shape index (κ3) is 4.55. The summed E-state index contributed by atoms with van der Waals surface area (Å²) in [6.07, 6.45) is 4.20. The van der Waals surface area contributed by atoms with Crippen LogP contribution in [0.25, 0.3) is 11.3 Å². The molecular weight excluding hydrogens is 418 g/mol. The lowest BCUT2D eigenvalue weighted by Gasteiger charge is -2.14. The number of hydrogen-bond donors (Lipinski definition) is 1. The summed E-state index contributed by atoms with van der Waals surface area (Å²) in [6.45, 7) is 1.02. The summed E-state index contributed by atoms with van der Waals surface area (Å²) in [5.41, 5.74) is 4.31. The highest BCUT2D eigenvalue weighted by atomic mass is 16.5. The third-order valence-corrected chi connectivity index (χ3v) is 5.54. The molecule has 1 aliphatic heterocycles. The Morgan fingerprint density at radius 3 is 2.85 bits per heavy atom. The number of amides is 1. The molecule has 1 amide bonds. The fourth-order valence-electron chi connectivity index (χ4n) is 3.93. The van der Waals surface area contributed by atoms with Crippen molar-refractivity contribution in [3.05, 3.63) is 89.7 Å². The molecule has 5 rings (SSSR count). The lowest BCUT2D eigenvalue weighted by molar-refractivity contribution is 0.0933. The molecule has 0 spiro atoms. The first-order valence-electron chi connectivity index (χ1n) is 10.7. The molecule has 1 N–H and O–H groups in total. The fraction of sp³-hybridized carbons (Fsp3) is 0.200. The first-order chi connectivity index (χ1) is 16.2. The molecule has 1 unspecified atom stereocenters. The van der Waals surface area contributed by atoms with E-state index in [1.807, 2.05) is 65.5 Å². The molecule has 0 radical (unpaired) electrons. The number of rotatable bonds is 7. The van der Waals surface area contributed by atoms with Gasteiger partial charge in [-0.3, -0.25) is 9.48 Å². The Labute approximate surface area is 191 Å². The summed E-state index contributed by atoms with van der Waals surface area (Å²) in [5.74, 6) is 1.12. The van der Waals surface area contributed by atoms with Crippen LogP contribution in [0.15, 0.2) is 73.1 Å². The van der Waals surface area contributed by atoms with Gasteiger partial charge in [0, 0.05) is 36.0 Å². The van der Waals surface area contributed by atoms with E-state index in [2.05, 4.69) is 20.6 Å². The number of nitrogens with one attached hydrogen (secondary N) is 1. The summed E-state index contributed by atoms with van der Waals surface area (Å²) in [5, 5.41) is 15.5. The predicted octanol–water partition coefficient (Wildman–Crippen LogP) is 3.13. The van der Waals surface area contributed by atoms with Gasteiger partial charge in [-0.05, 0) is 41.5 Å². The maximum absolute atomic E-state index is 12.8. The van der Waals surface area contributed by atoms with Gasteiger partial charge in [0.2, 0.25) is 5.88 Å². The fourth-order valence-corrected chi connectivity index (χ4v) is 3.93. The van der Waals surface area contributed by atoms with Crippen molar-refractivity contribution in [2.24, 2.45) is 0 Å². The first-order valence-corrected chi connectivity index (χ1v) is 10.7. The van der Waals surface area contributed by atoms with Crippen LogP contribution in [0.2, 0.25) is 0 Å². The van der Waals surface area contributed by atoms with Crippen LogP contribution in [0.1, 0.15) is 21.5 Å². The van der Waals surface area contributed by atoms with Crippen molar-refractivity contribution in [1.82, 2.24) is 25.3 Å². The average molecular weight is 441 g/mol. The number of benzene rings is 2. The van der Waals surface area contributed by atoms with Crippen molar-refractivity contribution in [2.45, 2.75) is 19.1 Å². The predicted molar refractivity (Wildman–Crippen MR) is 122 cm³/mol. The van der Waals surface area contributed by atoms with E-state index < -0.39 is 0 Å². The highest BCUT2D eigenvalue weighted by Gasteiger charge is 2.26. The number of methoxy groups -OCH3 is 1. The minimum absolute atomic E-state index is 0.127. The van der Waals surface area contributed by atoms with Crippen molar-refractivity contribution in [2.75, 3.05) is 13.7 Å². The summed E-state index contributed by atoms with van der Waals surface area (Å²) in [7, 11) is 1.56.